The van der Waals surface area contributed by atoms with E-state index in [0.717, 1.165) is 22.3 Å². The van der Waals surface area contributed by atoms with Gasteiger partial charge < -0.3 is 10.4 Å². The number of carboxylic acid groups (broad SMARTS) is 1. The van der Waals surface area contributed by atoms with E-state index in [0.29, 0.717) is 11.3 Å². The lowest BCUT2D eigenvalue weighted by Gasteiger charge is -2.30. The third-order valence-electron chi connectivity index (χ3n) is 3.74. The predicted octanol–water partition coefficient (Wildman–Crippen LogP) is 4.45. The molecule has 1 heterocycles. The Bertz CT molecular complexity index is 700. The fourth-order valence-corrected chi connectivity index (χ4v) is 3.20. The number of carbonyl (C=O) groups is 2. The molecule has 2 N–H and O–H groups in total. The second-order valence-corrected chi connectivity index (χ2v) is 7.71. The van der Waals surface area contributed by atoms with Gasteiger partial charge in [-0.2, -0.15) is 0 Å². The molecule has 5 heteroatoms. The van der Waals surface area contributed by atoms with E-state index in [2.05, 4.69) is 11.4 Å². The molecule has 2 rings (SSSR count). The molecule has 0 aliphatic rings. The molecule has 0 aliphatic heterocycles. The largest absolute Gasteiger partial charge is 0.465 e. The smallest absolute Gasteiger partial charge is 0.404 e. The molecule has 122 valence electrons. The number of benzene rings is 1. The summed E-state index contributed by atoms with van der Waals surface area (Å²) in [6.45, 7) is 6.06. The van der Waals surface area contributed by atoms with Gasteiger partial charge in [0.25, 0.3) is 0 Å². The predicted molar refractivity (Wildman–Crippen MR) is 93.3 cm³/mol. The minimum atomic E-state index is -1.00. The average molecular weight is 331 g/mol. The van der Waals surface area contributed by atoms with Crippen LogP contribution in [0.15, 0.2) is 36.4 Å². The van der Waals surface area contributed by atoms with Crippen LogP contribution in [-0.4, -0.2) is 23.5 Å². The van der Waals surface area contributed by atoms with Gasteiger partial charge >= 0.3 is 6.09 Å². The number of hydrogen-bond acceptors (Lipinski definition) is 3. The van der Waals surface area contributed by atoms with Crippen molar-refractivity contribution in [1.29, 1.82) is 0 Å². The molecule has 1 atom stereocenters. The first kappa shape index (κ1) is 17.2. The van der Waals surface area contributed by atoms with Gasteiger partial charge in [0.05, 0.1) is 4.88 Å². The van der Waals surface area contributed by atoms with Crippen molar-refractivity contribution in [3.05, 3.63) is 46.8 Å². The van der Waals surface area contributed by atoms with E-state index in [1.807, 2.05) is 51.1 Å². The van der Waals surface area contributed by atoms with Crippen molar-refractivity contribution in [2.75, 3.05) is 0 Å². The Balaban J connectivity index is 2.24. The van der Waals surface area contributed by atoms with Crippen LogP contribution in [0.2, 0.25) is 0 Å². The van der Waals surface area contributed by atoms with Crippen LogP contribution in [0, 0.1) is 5.41 Å². The highest BCUT2D eigenvalue weighted by atomic mass is 32.1. The Hall–Kier alpha value is -2.14. The number of nitrogens with one attached hydrogen (secondary N) is 1. The van der Waals surface area contributed by atoms with Crippen LogP contribution in [0.4, 0.5) is 4.79 Å². The highest BCUT2D eigenvalue weighted by molar-refractivity contribution is 7.17. The number of thiophene rings is 1. The van der Waals surface area contributed by atoms with E-state index in [4.69, 9.17) is 5.11 Å². The fraction of sp³-hybridized carbons (Fsp3) is 0.333. The molecule has 0 radical (unpaired) electrons. The van der Waals surface area contributed by atoms with Gasteiger partial charge in [-0.25, -0.2) is 4.79 Å². The van der Waals surface area contributed by atoms with Gasteiger partial charge in [0, 0.05) is 10.9 Å². The van der Waals surface area contributed by atoms with Crippen LogP contribution in [0.25, 0.3) is 10.4 Å². The lowest BCUT2D eigenvalue weighted by molar-refractivity contribution is 0.112. The summed E-state index contributed by atoms with van der Waals surface area (Å²) >= 11 is 1.45. The summed E-state index contributed by atoms with van der Waals surface area (Å²) in [6, 6.07) is 11.6. The molecule has 0 bridgehead atoms. The van der Waals surface area contributed by atoms with Crippen LogP contribution >= 0.6 is 11.3 Å². The van der Waals surface area contributed by atoms with Gasteiger partial charge in [0.15, 0.2) is 6.29 Å². The number of aldehydes is 1. The summed E-state index contributed by atoms with van der Waals surface area (Å²) < 4.78 is 0. The Morgan fingerprint density at radius 3 is 2.61 bits per heavy atom. The number of amides is 1. The van der Waals surface area contributed by atoms with Crippen molar-refractivity contribution in [2.24, 2.45) is 5.41 Å². The second kappa shape index (κ2) is 6.96. The van der Waals surface area contributed by atoms with Crippen molar-refractivity contribution < 1.29 is 14.7 Å². The lowest BCUT2D eigenvalue weighted by Crippen LogP contribution is -2.44. The molecular formula is C18H21NO3S. The standard InChI is InChI=1S/C18H21NO3S/c1-18(2,3)16(19-17(21)22)10-12-5-4-6-13(9-12)15-8-7-14(11-20)23-15/h4-9,11,16,19H,10H2,1-3H3,(H,21,22). The molecule has 1 aromatic heterocycles. The highest BCUT2D eigenvalue weighted by Gasteiger charge is 2.26. The maximum Gasteiger partial charge on any atom is 0.404 e. The monoisotopic (exact) mass is 331 g/mol. The fourth-order valence-electron chi connectivity index (χ4n) is 2.38. The van der Waals surface area contributed by atoms with Gasteiger partial charge in [0.1, 0.15) is 0 Å². The quantitative estimate of drug-likeness (QED) is 0.795. The summed E-state index contributed by atoms with van der Waals surface area (Å²) in [5.74, 6) is 0. The first-order valence-corrected chi connectivity index (χ1v) is 8.25. The van der Waals surface area contributed by atoms with Crippen LogP contribution in [0.3, 0.4) is 0 Å². The van der Waals surface area contributed by atoms with Crippen molar-refractivity contribution in [2.45, 2.75) is 33.2 Å². The van der Waals surface area contributed by atoms with Crippen molar-refractivity contribution in [1.82, 2.24) is 5.32 Å². The van der Waals surface area contributed by atoms with Crippen LogP contribution < -0.4 is 5.32 Å². The summed E-state index contributed by atoms with van der Waals surface area (Å²) in [6.07, 6.45) is 0.468. The van der Waals surface area contributed by atoms with Crippen molar-refractivity contribution >= 4 is 23.7 Å². The Morgan fingerprint density at radius 1 is 1.30 bits per heavy atom. The second-order valence-electron chi connectivity index (χ2n) is 6.59. The molecule has 2 aromatic rings. The SMILES string of the molecule is CC(C)(C)C(Cc1cccc(-c2ccc(C=O)s2)c1)NC(=O)O. The topological polar surface area (TPSA) is 66.4 Å². The summed E-state index contributed by atoms with van der Waals surface area (Å²) in [7, 11) is 0. The zero-order valence-electron chi connectivity index (χ0n) is 13.5. The third-order valence-corrected chi connectivity index (χ3v) is 4.80. The Labute approximate surface area is 140 Å². The molecule has 1 amide bonds. The Kier molecular flexibility index (Phi) is 5.21. The average Bonchev–Trinajstić information content (AvgIpc) is 2.94. The van der Waals surface area contributed by atoms with Crippen LogP contribution in [-0.2, 0) is 6.42 Å². The minimum Gasteiger partial charge on any atom is -0.465 e. The molecular weight excluding hydrogens is 310 g/mol. The number of rotatable bonds is 5. The van der Waals surface area contributed by atoms with E-state index in [1.165, 1.54) is 11.3 Å². The normalized spacial score (nSPS) is 12.7. The highest BCUT2D eigenvalue weighted by Crippen LogP contribution is 2.29. The van der Waals surface area contributed by atoms with Gasteiger partial charge in [0.2, 0.25) is 0 Å². The summed E-state index contributed by atoms with van der Waals surface area (Å²) in [4.78, 5) is 23.6. The molecule has 4 nitrogen and oxygen atoms in total. The van der Waals surface area contributed by atoms with E-state index < -0.39 is 6.09 Å². The maximum atomic E-state index is 11.0. The van der Waals surface area contributed by atoms with Crippen LogP contribution in [0.5, 0.6) is 0 Å². The van der Waals surface area contributed by atoms with Gasteiger partial charge in [-0.15, -0.1) is 11.3 Å². The number of hydrogen-bond donors (Lipinski definition) is 2. The molecule has 0 saturated heterocycles. The number of carbonyl (C=O) groups excluding carboxylic acids is 1. The molecule has 1 unspecified atom stereocenters. The van der Waals surface area contributed by atoms with E-state index >= 15 is 0 Å². The van der Waals surface area contributed by atoms with Gasteiger partial charge in [-0.05, 0) is 35.1 Å². The maximum absolute atomic E-state index is 11.0. The molecule has 23 heavy (non-hydrogen) atoms. The van der Waals surface area contributed by atoms with Crippen molar-refractivity contribution in [3.8, 4) is 10.4 Å². The van der Waals surface area contributed by atoms with E-state index in [1.54, 1.807) is 0 Å². The minimum absolute atomic E-state index is 0.177. The first-order chi connectivity index (χ1) is 10.8. The molecule has 0 spiro atoms. The van der Waals surface area contributed by atoms with E-state index in [-0.39, 0.29) is 11.5 Å². The summed E-state index contributed by atoms with van der Waals surface area (Å²) in [5, 5.41) is 11.7. The Morgan fingerprint density at radius 2 is 2.04 bits per heavy atom. The van der Waals surface area contributed by atoms with Gasteiger partial charge in [-0.1, -0.05) is 45.0 Å². The van der Waals surface area contributed by atoms with E-state index in [9.17, 15) is 9.59 Å². The lowest BCUT2D eigenvalue weighted by atomic mass is 9.83. The zero-order chi connectivity index (χ0) is 17.0. The molecule has 0 fully saturated rings. The first-order valence-electron chi connectivity index (χ1n) is 7.43. The molecule has 0 saturated carbocycles. The molecule has 1 aromatic carbocycles. The van der Waals surface area contributed by atoms with Crippen molar-refractivity contribution in [3.63, 3.8) is 0 Å². The third kappa shape index (κ3) is 4.66. The van der Waals surface area contributed by atoms with Crippen LogP contribution in [0.1, 0.15) is 36.0 Å². The zero-order valence-corrected chi connectivity index (χ0v) is 14.3. The summed E-state index contributed by atoms with van der Waals surface area (Å²) in [5.41, 5.74) is 1.93. The molecule has 0 aliphatic carbocycles. The van der Waals surface area contributed by atoms with Gasteiger partial charge in [-0.3, -0.25) is 4.79 Å².